The van der Waals surface area contributed by atoms with Crippen molar-refractivity contribution in [3.8, 4) is 0 Å². The van der Waals surface area contributed by atoms with Gasteiger partial charge in [0.05, 0.1) is 10.8 Å². The molecule has 0 heterocycles. The van der Waals surface area contributed by atoms with Crippen LogP contribution in [0.2, 0.25) is 0 Å². The van der Waals surface area contributed by atoms with Gasteiger partial charge < -0.3 is 5.32 Å². The predicted octanol–water partition coefficient (Wildman–Crippen LogP) is 2.53. The van der Waals surface area contributed by atoms with Crippen LogP contribution in [0, 0.1) is 0 Å². The zero-order valence-electron chi connectivity index (χ0n) is 10.3. The van der Waals surface area contributed by atoms with Gasteiger partial charge in [-0.2, -0.15) is 0 Å². The maximum Gasteiger partial charge on any atom is 0.0542 e. The van der Waals surface area contributed by atoms with Crippen LogP contribution in [-0.4, -0.2) is 23.1 Å². The fraction of sp³-hybridized carbons (Fsp3) is 0.538. The van der Waals surface area contributed by atoms with Crippen LogP contribution in [0.3, 0.4) is 0 Å². The van der Waals surface area contributed by atoms with Gasteiger partial charge in [0.25, 0.3) is 0 Å². The fourth-order valence-corrected chi connectivity index (χ4v) is 2.47. The van der Waals surface area contributed by atoms with Crippen molar-refractivity contribution in [2.45, 2.75) is 31.6 Å². The van der Waals surface area contributed by atoms with Crippen molar-refractivity contribution < 1.29 is 4.21 Å². The summed E-state index contributed by atoms with van der Waals surface area (Å²) in [6.45, 7) is 8.13. The zero-order chi connectivity index (χ0) is 12.0. The van der Waals surface area contributed by atoms with Crippen LogP contribution in [0.5, 0.6) is 0 Å². The topological polar surface area (TPSA) is 29.1 Å². The highest BCUT2D eigenvalue weighted by Crippen LogP contribution is 2.16. The Balaban J connectivity index is 2.56. The third kappa shape index (κ3) is 4.06. The quantitative estimate of drug-likeness (QED) is 0.773. The van der Waals surface area contributed by atoms with E-state index in [9.17, 15) is 4.21 Å². The minimum Gasteiger partial charge on any atom is -0.316 e. The first-order valence-electron chi connectivity index (χ1n) is 5.84. The predicted molar refractivity (Wildman–Crippen MR) is 70.4 cm³/mol. The van der Waals surface area contributed by atoms with Crippen molar-refractivity contribution in [2.24, 2.45) is 0 Å². The van der Waals surface area contributed by atoms with E-state index in [-0.39, 0.29) is 0 Å². The molecular weight excluding hydrogens is 218 g/mol. The Morgan fingerprint density at radius 2 is 1.88 bits per heavy atom. The normalized spacial score (nSPS) is 13.0. The van der Waals surface area contributed by atoms with E-state index in [1.807, 2.05) is 12.1 Å². The van der Waals surface area contributed by atoms with Crippen LogP contribution in [0.4, 0.5) is 0 Å². The largest absolute Gasteiger partial charge is 0.316 e. The Hall–Kier alpha value is -0.670. The molecule has 0 aliphatic rings. The number of hydrogen-bond acceptors (Lipinski definition) is 2. The van der Waals surface area contributed by atoms with Crippen LogP contribution in [0.25, 0.3) is 0 Å². The molecule has 0 amide bonds. The van der Waals surface area contributed by atoms with Crippen LogP contribution in [0.1, 0.15) is 32.3 Å². The molecule has 16 heavy (non-hydrogen) atoms. The lowest BCUT2D eigenvalue weighted by Gasteiger charge is -2.07. The maximum absolute atomic E-state index is 11.9. The van der Waals surface area contributed by atoms with Gasteiger partial charge in [0, 0.05) is 17.2 Å². The molecule has 0 aromatic heterocycles. The molecule has 0 bridgehead atoms. The van der Waals surface area contributed by atoms with Gasteiger partial charge >= 0.3 is 0 Å². The molecular formula is C13H21NOS. The van der Waals surface area contributed by atoms with Crippen molar-refractivity contribution >= 4 is 10.8 Å². The van der Waals surface area contributed by atoms with E-state index in [0.29, 0.717) is 11.7 Å². The lowest BCUT2D eigenvalue weighted by Crippen LogP contribution is -2.19. The summed E-state index contributed by atoms with van der Waals surface area (Å²) in [6.07, 6.45) is 0. The summed E-state index contributed by atoms with van der Waals surface area (Å²) in [4.78, 5) is 0.933. The van der Waals surface area contributed by atoms with Gasteiger partial charge in [-0.05, 0) is 30.2 Å². The van der Waals surface area contributed by atoms with Gasteiger partial charge in [-0.15, -0.1) is 0 Å². The van der Waals surface area contributed by atoms with E-state index in [2.05, 4.69) is 38.2 Å². The van der Waals surface area contributed by atoms with E-state index >= 15 is 0 Å². The molecule has 1 aromatic rings. The SMILES string of the molecule is CCNCCS(=O)c1ccc(C(C)C)cc1. The Kier molecular flexibility index (Phi) is 5.71. The molecule has 0 aliphatic carbocycles. The molecule has 0 fully saturated rings. The zero-order valence-corrected chi connectivity index (χ0v) is 11.1. The number of benzene rings is 1. The highest BCUT2D eigenvalue weighted by molar-refractivity contribution is 7.85. The summed E-state index contributed by atoms with van der Waals surface area (Å²) in [5.74, 6) is 1.22. The summed E-state index contributed by atoms with van der Waals surface area (Å²) < 4.78 is 11.9. The molecule has 1 aromatic carbocycles. The third-order valence-electron chi connectivity index (χ3n) is 2.52. The molecule has 1 unspecified atom stereocenters. The highest BCUT2D eigenvalue weighted by Gasteiger charge is 2.04. The Morgan fingerprint density at radius 3 is 2.38 bits per heavy atom. The number of rotatable bonds is 6. The first kappa shape index (κ1) is 13.4. The molecule has 0 radical (unpaired) electrons. The molecule has 0 saturated carbocycles. The molecule has 0 spiro atoms. The number of nitrogens with one attached hydrogen (secondary N) is 1. The van der Waals surface area contributed by atoms with E-state index in [4.69, 9.17) is 0 Å². The van der Waals surface area contributed by atoms with Crippen molar-refractivity contribution in [3.63, 3.8) is 0 Å². The molecule has 0 aliphatic heterocycles. The van der Waals surface area contributed by atoms with Gasteiger partial charge in [0.1, 0.15) is 0 Å². The Bertz CT molecular complexity index is 332. The van der Waals surface area contributed by atoms with E-state index in [0.717, 1.165) is 18.0 Å². The van der Waals surface area contributed by atoms with Crippen LogP contribution < -0.4 is 5.32 Å². The smallest absolute Gasteiger partial charge is 0.0542 e. The lowest BCUT2D eigenvalue weighted by molar-refractivity contribution is 0.677. The second-order valence-electron chi connectivity index (χ2n) is 4.13. The summed E-state index contributed by atoms with van der Waals surface area (Å²) in [6, 6.07) is 8.12. The summed E-state index contributed by atoms with van der Waals surface area (Å²) in [7, 11) is -0.869. The highest BCUT2D eigenvalue weighted by atomic mass is 32.2. The minimum atomic E-state index is -0.869. The third-order valence-corrected chi connectivity index (χ3v) is 3.90. The molecule has 2 nitrogen and oxygen atoms in total. The summed E-state index contributed by atoms with van der Waals surface area (Å²) in [5, 5.41) is 3.19. The van der Waals surface area contributed by atoms with Crippen molar-refractivity contribution in [2.75, 3.05) is 18.8 Å². The van der Waals surface area contributed by atoms with Crippen LogP contribution >= 0.6 is 0 Å². The molecule has 3 heteroatoms. The minimum absolute atomic E-state index is 0.532. The maximum atomic E-state index is 11.9. The first-order valence-corrected chi connectivity index (χ1v) is 7.16. The molecule has 0 saturated heterocycles. The molecule has 90 valence electrons. The average molecular weight is 239 g/mol. The van der Waals surface area contributed by atoms with Crippen LogP contribution in [0.15, 0.2) is 29.2 Å². The van der Waals surface area contributed by atoms with Gasteiger partial charge in [-0.1, -0.05) is 32.9 Å². The van der Waals surface area contributed by atoms with E-state index < -0.39 is 10.8 Å². The second-order valence-corrected chi connectivity index (χ2v) is 5.70. The van der Waals surface area contributed by atoms with E-state index in [1.54, 1.807) is 0 Å². The Morgan fingerprint density at radius 1 is 1.25 bits per heavy atom. The molecule has 1 atom stereocenters. The van der Waals surface area contributed by atoms with Gasteiger partial charge in [0.15, 0.2) is 0 Å². The van der Waals surface area contributed by atoms with Crippen molar-refractivity contribution in [3.05, 3.63) is 29.8 Å². The number of hydrogen-bond donors (Lipinski definition) is 1. The van der Waals surface area contributed by atoms with Crippen molar-refractivity contribution in [1.29, 1.82) is 0 Å². The van der Waals surface area contributed by atoms with Crippen molar-refractivity contribution in [1.82, 2.24) is 5.32 Å². The first-order chi connectivity index (χ1) is 7.65. The van der Waals surface area contributed by atoms with Gasteiger partial charge in [0.2, 0.25) is 0 Å². The van der Waals surface area contributed by atoms with E-state index in [1.165, 1.54) is 5.56 Å². The summed E-state index contributed by atoms with van der Waals surface area (Å²) in [5.41, 5.74) is 1.30. The summed E-state index contributed by atoms with van der Waals surface area (Å²) >= 11 is 0. The molecule has 1 rings (SSSR count). The monoisotopic (exact) mass is 239 g/mol. The second kappa shape index (κ2) is 6.81. The lowest BCUT2D eigenvalue weighted by atomic mass is 10.0. The van der Waals surface area contributed by atoms with Crippen LogP contribution in [-0.2, 0) is 10.8 Å². The van der Waals surface area contributed by atoms with Gasteiger partial charge in [-0.25, -0.2) is 0 Å². The average Bonchev–Trinajstić information content (AvgIpc) is 2.29. The Labute approximate surface area is 101 Å². The standard InChI is InChI=1S/C13H21NOS/c1-4-14-9-10-16(15)13-7-5-12(6-8-13)11(2)3/h5-8,11,14H,4,9-10H2,1-3H3. The fourth-order valence-electron chi connectivity index (χ4n) is 1.46. The molecule has 1 N–H and O–H groups in total. The van der Waals surface area contributed by atoms with Gasteiger partial charge in [-0.3, -0.25) is 4.21 Å².